The lowest BCUT2D eigenvalue weighted by molar-refractivity contribution is 0.00439. The summed E-state index contributed by atoms with van der Waals surface area (Å²) in [5.74, 6) is 1.73. The van der Waals surface area contributed by atoms with E-state index in [2.05, 4.69) is 17.4 Å². The van der Waals surface area contributed by atoms with Crippen molar-refractivity contribution in [2.24, 2.45) is 5.92 Å². The van der Waals surface area contributed by atoms with Gasteiger partial charge in [0.05, 0.1) is 13.2 Å². The third-order valence-electron chi connectivity index (χ3n) is 4.57. The normalized spacial score (nSPS) is 23.8. The predicted molar refractivity (Wildman–Crippen MR) is 96.0 cm³/mol. The van der Waals surface area contributed by atoms with Crippen molar-refractivity contribution >= 4 is 6.09 Å². The summed E-state index contributed by atoms with van der Waals surface area (Å²) in [6, 6.07) is 8.39. The Balaban J connectivity index is 1.51. The molecule has 1 N–H and O–H groups in total. The first kappa shape index (κ1) is 18.1. The fourth-order valence-corrected chi connectivity index (χ4v) is 3.07. The highest BCUT2D eigenvalue weighted by molar-refractivity contribution is 5.68. The van der Waals surface area contributed by atoms with Crippen LogP contribution in [0.25, 0.3) is 0 Å². The molecule has 0 radical (unpaired) electrons. The maximum Gasteiger partial charge on any atom is 0.407 e. The Hall–Kier alpha value is -1.75. The third-order valence-corrected chi connectivity index (χ3v) is 4.57. The molecular formula is C20H29NO4. The number of carbonyl (C=O) groups excluding carboxylic acids is 1. The van der Waals surface area contributed by atoms with Crippen LogP contribution in [-0.2, 0) is 9.47 Å². The van der Waals surface area contributed by atoms with Gasteiger partial charge >= 0.3 is 6.09 Å². The smallest absolute Gasteiger partial charge is 0.407 e. The highest BCUT2D eigenvalue weighted by atomic mass is 16.6. The molecule has 1 aliphatic carbocycles. The zero-order chi connectivity index (χ0) is 17.9. The van der Waals surface area contributed by atoms with E-state index in [4.69, 9.17) is 14.2 Å². The van der Waals surface area contributed by atoms with Gasteiger partial charge in [0.2, 0.25) is 0 Å². The van der Waals surface area contributed by atoms with Gasteiger partial charge < -0.3 is 19.5 Å². The van der Waals surface area contributed by atoms with Crippen molar-refractivity contribution in [2.45, 2.75) is 57.6 Å². The second-order valence-corrected chi connectivity index (χ2v) is 8.03. The maximum absolute atomic E-state index is 12.0. The average molecular weight is 347 g/mol. The summed E-state index contributed by atoms with van der Waals surface area (Å²) in [6.07, 6.45) is 3.00. The number of nitrogens with one attached hydrogen (secondary N) is 1. The SMILES string of the molecule is CC(C)(C)OC(=O)NC1CCOCC1COc1ccc(C2CC2)cc1. The molecule has 2 aliphatic rings. The second kappa shape index (κ2) is 7.65. The fourth-order valence-electron chi connectivity index (χ4n) is 3.07. The van der Waals surface area contributed by atoms with E-state index in [1.54, 1.807) is 0 Å². The van der Waals surface area contributed by atoms with Gasteiger partial charge in [-0.15, -0.1) is 0 Å². The van der Waals surface area contributed by atoms with E-state index in [1.807, 2.05) is 32.9 Å². The summed E-state index contributed by atoms with van der Waals surface area (Å²) in [5, 5.41) is 2.97. The number of hydrogen-bond acceptors (Lipinski definition) is 4. The van der Waals surface area contributed by atoms with E-state index in [-0.39, 0.29) is 18.1 Å². The molecule has 0 aromatic heterocycles. The van der Waals surface area contributed by atoms with Gasteiger partial charge in [-0.3, -0.25) is 0 Å². The summed E-state index contributed by atoms with van der Waals surface area (Å²) in [6.45, 7) is 7.34. The van der Waals surface area contributed by atoms with Crippen molar-refractivity contribution in [3.63, 3.8) is 0 Å². The molecule has 5 heteroatoms. The number of benzene rings is 1. The van der Waals surface area contributed by atoms with Crippen molar-refractivity contribution in [3.05, 3.63) is 29.8 Å². The van der Waals surface area contributed by atoms with Crippen LogP contribution in [0, 0.1) is 5.92 Å². The molecular weight excluding hydrogens is 318 g/mol. The molecule has 5 nitrogen and oxygen atoms in total. The summed E-state index contributed by atoms with van der Waals surface area (Å²) >= 11 is 0. The van der Waals surface area contributed by atoms with Crippen LogP contribution in [0.1, 0.15) is 51.5 Å². The highest BCUT2D eigenvalue weighted by Gasteiger charge is 2.29. The Bertz CT molecular complexity index is 574. The van der Waals surface area contributed by atoms with Gasteiger partial charge in [0.15, 0.2) is 0 Å². The molecule has 2 unspecified atom stereocenters. The van der Waals surface area contributed by atoms with Gasteiger partial charge in [0, 0.05) is 18.6 Å². The minimum atomic E-state index is -0.495. The Morgan fingerprint density at radius 1 is 1.20 bits per heavy atom. The van der Waals surface area contributed by atoms with Crippen molar-refractivity contribution in [2.75, 3.05) is 19.8 Å². The van der Waals surface area contributed by atoms with E-state index < -0.39 is 5.60 Å². The summed E-state index contributed by atoms with van der Waals surface area (Å²) in [4.78, 5) is 12.0. The first-order valence-corrected chi connectivity index (χ1v) is 9.21. The second-order valence-electron chi connectivity index (χ2n) is 8.03. The molecule has 1 saturated carbocycles. The number of amides is 1. The van der Waals surface area contributed by atoms with Crippen LogP contribution in [0.3, 0.4) is 0 Å². The molecule has 0 spiro atoms. The first-order chi connectivity index (χ1) is 11.9. The van der Waals surface area contributed by atoms with E-state index >= 15 is 0 Å². The lowest BCUT2D eigenvalue weighted by Crippen LogP contribution is -2.48. The minimum Gasteiger partial charge on any atom is -0.493 e. The molecule has 3 rings (SSSR count). The van der Waals surface area contributed by atoms with E-state index in [0.29, 0.717) is 19.8 Å². The van der Waals surface area contributed by atoms with Crippen molar-refractivity contribution in [1.82, 2.24) is 5.32 Å². The number of hydrogen-bond donors (Lipinski definition) is 1. The molecule has 1 aromatic carbocycles. The van der Waals surface area contributed by atoms with E-state index in [0.717, 1.165) is 18.1 Å². The van der Waals surface area contributed by atoms with Crippen LogP contribution in [0.2, 0.25) is 0 Å². The molecule has 25 heavy (non-hydrogen) atoms. The summed E-state index contributed by atoms with van der Waals surface area (Å²) in [7, 11) is 0. The molecule has 1 aromatic rings. The van der Waals surface area contributed by atoms with Gasteiger partial charge in [-0.1, -0.05) is 12.1 Å². The van der Waals surface area contributed by atoms with Crippen molar-refractivity contribution in [3.8, 4) is 5.75 Å². The minimum absolute atomic E-state index is 0.00865. The van der Waals surface area contributed by atoms with Crippen LogP contribution < -0.4 is 10.1 Å². The molecule has 1 saturated heterocycles. The van der Waals surface area contributed by atoms with Gasteiger partial charge in [0.1, 0.15) is 11.4 Å². The van der Waals surface area contributed by atoms with Crippen LogP contribution in [0.15, 0.2) is 24.3 Å². The maximum atomic E-state index is 12.0. The quantitative estimate of drug-likeness (QED) is 0.878. The molecule has 1 amide bonds. The monoisotopic (exact) mass is 347 g/mol. The molecule has 1 aliphatic heterocycles. The lowest BCUT2D eigenvalue weighted by atomic mass is 9.97. The lowest BCUT2D eigenvalue weighted by Gasteiger charge is -2.32. The topological polar surface area (TPSA) is 56.8 Å². The van der Waals surface area contributed by atoms with E-state index in [1.165, 1.54) is 18.4 Å². The Morgan fingerprint density at radius 3 is 2.56 bits per heavy atom. The first-order valence-electron chi connectivity index (χ1n) is 9.21. The van der Waals surface area contributed by atoms with Gasteiger partial charge in [-0.25, -0.2) is 4.79 Å². The third kappa shape index (κ3) is 5.63. The van der Waals surface area contributed by atoms with E-state index in [9.17, 15) is 4.79 Å². The average Bonchev–Trinajstić information content (AvgIpc) is 3.38. The van der Waals surface area contributed by atoms with Gasteiger partial charge in [0.25, 0.3) is 0 Å². The Morgan fingerprint density at radius 2 is 1.92 bits per heavy atom. The number of carbonyl (C=O) groups is 1. The largest absolute Gasteiger partial charge is 0.493 e. The van der Waals surface area contributed by atoms with Gasteiger partial charge in [-0.2, -0.15) is 0 Å². The standard InChI is InChI=1S/C20H29NO4/c1-20(2,3)25-19(22)21-18-10-11-23-12-16(18)13-24-17-8-6-15(7-9-17)14-4-5-14/h6-9,14,16,18H,4-5,10-13H2,1-3H3,(H,21,22). The van der Waals surface area contributed by atoms with Gasteiger partial charge in [-0.05, 0) is 63.6 Å². The predicted octanol–water partition coefficient (Wildman–Crippen LogP) is 3.87. The molecule has 2 atom stereocenters. The van der Waals surface area contributed by atoms with Crippen LogP contribution >= 0.6 is 0 Å². The van der Waals surface area contributed by atoms with Crippen LogP contribution in [0.4, 0.5) is 4.79 Å². The zero-order valence-corrected chi connectivity index (χ0v) is 15.4. The fraction of sp³-hybridized carbons (Fsp3) is 0.650. The molecule has 1 heterocycles. The Kier molecular flexibility index (Phi) is 5.52. The highest BCUT2D eigenvalue weighted by Crippen LogP contribution is 2.40. The molecule has 2 fully saturated rings. The summed E-state index contributed by atoms with van der Waals surface area (Å²) < 4.78 is 16.9. The molecule has 0 bridgehead atoms. The van der Waals surface area contributed by atoms with Crippen LogP contribution in [0.5, 0.6) is 5.75 Å². The number of ether oxygens (including phenoxy) is 3. The van der Waals surface area contributed by atoms with Crippen LogP contribution in [-0.4, -0.2) is 37.6 Å². The summed E-state index contributed by atoms with van der Waals surface area (Å²) in [5.41, 5.74) is 0.905. The zero-order valence-electron chi connectivity index (χ0n) is 15.4. The molecule has 138 valence electrons. The van der Waals surface area contributed by atoms with Crippen molar-refractivity contribution in [1.29, 1.82) is 0 Å². The Labute approximate surface area is 150 Å². The number of rotatable bonds is 5. The van der Waals surface area contributed by atoms with Crippen molar-refractivity contribution < 1.29 is 19.0 Å². The number of alkyl carbamates (subject to hydrolysis) is 1.